The quantitative estimate of drug-likeness (QED) is 0.747. The van der Waals surface area contributed by atoms with Crippen LogP contribution in [0.4, 0.5) is 5.82 Å². The normalized spacial score (nSPS) is 10.1. The number of carbonyl (C=O) groups excluding carboxylic acids is 1. The van der Waals surface area contributed by atoms with Crippen molar-refractivity contribution in [3.8, 4) is 0 Å². The van der Waals surface area contributed by atoms with Gasteiger partial charge in [-0.1, -0.05) is 30.3 Å². The molecular weight excluding hydrogens is 224 g/mol. The fourth-order valence-corrected chi connectivity index (χ4v) is 1.16. The summed E-state index contributed by atoms with van der Waals surface area (Å²) in [5, 5.41) is 6.62. The molecule has 7 heteroatoms. The van der Waals surface area contributed by atoms with E-state index in [4.69, 9.17) is 10.6 Å². The molecule has 0 aliphatic heterocycles. The van der Waals surface area contributed by atoms with Gasteiger partial charge in [-0.25, -0.2) is 10.1 Å². The highest BCUT2D eigenvalue weighted by atomic mass is 16.7. The van der Waals surface area contributed by atoms with Gasteiger partial charge in [0.2, 0.25) is 11.5 Å². The number of anilines is 1. The minimum Gasteiger partial charge on any atom is -0.379 e. The van der Waals surface area contributed by atoms with Crippen LogP contribution < -0.4 is 11.2 Å². The Morgan fingerprint density at radius 2 is 2.12 bits per heavy atom. The van der Waals surface area contributed by atoms with Crippen molar-refractivity contribution in [2.45, 2.75) is 6.61 Å². The number of benzene rings is 1. The summed E-state index contributed by atoms with van der Waals surface area (Å²) in [7, 11) is 0. The molecule has 0 saturated heterocycles. The van der Waals surface area contributed by atoms with Crippen LogP contribution in [0.2, 0.25) is 0 Å². The molecule has 1 amide bonds. The van der Waals surface area contributed by atoms with Crippen molar-refractivity contribution < 1.29 is 14.3 Å². The van der Waals surface area contributed by atoms with Crippen LogP contribution in [0.5, 0.6) is 0 Å². The van der Waals surface area contributed by atoms with E-state index in [1.165, 1.54) is 0 Å². The van der Waals surface area contributed by atoms with Gasteiger partial charge < -0.3 is 5.73 Å². The average Bonchev–Trinajstić information content (AvgIpc) is 2.77. The minimum absolute atomic E-state index is 0.0780. The van der Waals surface area contributed by atoms with E-state index in [1.807, 2.05) is 30.3 Å². The van der Waals surface area contributed by atoms with Crippen LogP contribution in [0.25, 0.3) is 0 Å². The second-order valence-corrected chi connectivity index (χ2v) is 3.20. The standard InChI is InChI=1S/C10H10N4O3/c11-9-8(12-17-13-9)10(15)14-16-6-7-4-2-1-3-5-7/h1-5H,6H2,(H2,11,13)(H,14,15). The lowest BCUT2D eigenvalue weighted by Gasteiger charge is -2.03. The fraction of sp³-hybridized carbons (Fsp3) is 0.100. The first-order chi connectivity index (χ1) is 8.27. The molecule has 1 aromatic heterocycles. The summed E-state index contributed by atoms with van der Waals surface area (Å²) in [6, 6.07) is 9.39. The van der Waals surface area contributed by atoms with Gasteiger partial charge in [-0.05, 0) is 15.9 Å². The molecule has 0 fully saturated rings. The maximum atomic E-state index is 11.4. The summed E-state index contributed by atoms with van der Waals surface area (Å²) in [6.07, 6.45) is 0. The lowest BCUT2D eigenvalue weighted by molar-refractivity contribution is 0.0227. The first-order valence-corrected chi connectivity index (χ1v) is 4.81. The molecule has 0 spiro atoms. The van der Waals surface area contributed by atoms with Gasteiger partial charge in [0.1, 0.15) is 0 Å². The van der Waals surface area contributed by atoms with Gasteiger partial charge >= 0.3 is 5.91 Å². The van der Waals surface area contributed by atoms with Crippen molar-refractivity contribution in [1.29, 1.82) is 0 Å². The third kappa shape index (κ3) is 2.79. The van der Waals surface area contributed by atoms with E-state index in [0.717, 1.165) is 5.56 Å². The third-order valence-electron chi connectivity index (χ3n) is 1.98. The molecule has 2 rings (SSSR count). The van der Waals surface area contributed by atoms with Gasteiger partial charge in [0.15, 0.2) is 0 Å². The number of rotatable bonds is 4. The van der Waals surface area contributed by atoms with Crippen LogP contribution in [0.3, 0.4) is 0 Å². The summed E-state index contributed by atoms with van der Waals surface area (Å²) in [5.41, 5.74) is 8.36. The summed E-state index contributed by atoms with van der Waals surface area (Å²) in [4.78, 5) is 16.4. The number of carbonyl (C=O) groups is 1. The highest BCUT2D eigenvalue weighted by Gasteiger charge is 2.15. The molecule has 0 atom stereocenters. The number of nitrogens with zero attached hydrogens (tertiary/aromatic N) is 2. The average molecular weight is 234 g/mol. The second-order valence-electron chi connectivity index (χ2n) is 3.20. The predicted octanol–water partition coefficient (Wildman–Crippen LogP) is 0.513. The molecule has 2 aromatic rings. The van der Waals surface area contributed by atoms with Crippen LogP contribution in [0.15, 0.2) is 35.0 Å². The SMILES string of the molecule is Nc1nonc1C(=O)NOCc1ccccc1. The Hall–Kier alpha value is -2.41. The first-order valence-electron chi connectivity index (χ1n) is 4.81. The fourth-order valence-electron chi connectivity index (χ4n) is 1.16. The van der Waals surface area contributed by atoms with E-state index in [2.05, 4.69) is 20.4 Å². The zero-order chi connectivity index (χ0) is 12.1. The molecule has 7 nitrogen and oxygen atoms in total. The Balaban J connectivity index is 1.84. The maximum absolute atomic E-state index is 11.4. The van der Waals surface area contributed by atoms with E-state index >= 15 is 0 Å². The second kappa shape index (κ2) is 5.08. The molecule has 1 aromatic carbocycles. The van der Waals surface area contributed by atoms with Crippen molar-refractivity contribution in [1.82, 2.24) is 15.8 Å². The molecule has 0 unspecified atom stereocenters. The number of hydrogen-bond acceptors (Lipinski definition) is 6. The lowest BCUT2D eigenvalue weighted by Crippen LogP contribution is -2.24. The molecule has 0 bridgehead atoms. The summed E-state index contributed by atoms with van der Waals surface area (Å²) in [6.45, 7) is 0.248. The number of hydroxylamine groups is 1. The Kier molecular flexibility index (Phi) is 3.31. The van der Waals surface area contributed by atoms with Crippen molar-refractivity contribution >= 4 is 11.7 Å². The number of nitrogens with two attached hydrogens (primary N) is 1. The molecule has 88 valence electrons. The predicted molar refractivity (Wildman–Crippen MR) is 57.4 cm³/mol. The Labute approximate surface area is 96.5 Å². The minimum atomic E-state index is -0.598. The number of hydrogen-bond donors (Lipinski definition) is 2. The number of nitrogen functional groups attached to an aromatic ring is 1. The van der Waals surface area contributed by atoms with Crippen molar-refractivity contribution in [2.75, 3.05) is 5.73 Å². The monoisotopic (exact) mass is 234 g/mol. The van der Waals surface area contributed by atoms with Gasteiger partial charge in [-0.3, -0.25) is 9.63 Å². The topological polar surface area (TPSA) is 103 Å². The summed E-state index contributed by atoms with van der Waals surface area (Å²) in [5.74, 6) is -0.675. The molecular formula is C10H10N4O3. The van der Waals surface area contributed by atoms with Gasteiger partial charge in [0.25, 0.3) is 0 Å². The smallest absolute Gasteiger partial charge is 0.300 e. The zero-order valence-electron chi connectivity index (χ0n) is 8.79. The number of amides is 1. The Morgan fingerprint density at radius 1 is 1.35 bits per heavy atom. The van der Waals surface area contributed by atoms with Crippen LogP contribution in [-0.4, -0.2) is 16.2 Å². The van der Waals surface area contributed by atoms with Crippen molar-refractivity contribution in [3.63, 3.8) is 0 Å². The maximum Gasteiger partial charge on any atom is 0.300 e. The van der Waals surface area contributed by atoms with E-state index in [1.54, 1.807) is 0 Å². The van der Waals surface area contributed by atoms with E-state index < -0.39 is 5.91 Å². The molecule has 0 saturated carbocycles. The summed E-state index contributed by atoms with van der Waals surface area (Å²) >= 11 is 0. The largest absolute Gasteiger partial charge is 0.379 e. The Bertz CT molecular complexity index is 497. The first kappa shape index (κ1) is 11.1. The third-order valence-corrected chi connectivity index (χ3v) is 1.98. The van der Waals surface area contributed by atoms with Gasteiger partial charge in [0, 0.05) is 0 Å². The van der Waals surface area contributed by atoms with Gasteiger partial charge in [0.05, 0.1) is 6.61 Å². The van der Waals surface area contributed by atoms with Crippen LogP contribution >= 0.6 is 0 Å². The van der Waals surface area contributed by atoms with Gasteiger partial charge in [-0.2, -0.15) is 0 Å². The molecule has 3 N–H and O–H groups in total. The summed E-state index contributed by atoms with van der Waals surface area (Å²) < 4.78 is 4.29. The Morgan fingerprint density at radius 3 is 2.76 bits per heavy atom. The molecule has 0 aliphatic carbocycles. The number of nitrogens with one attached hydrogen (secondary N) is 1. The van der Waals surface area contributed by atoms with Crippen molar-refractivity contribution in [3.05, 3.63) is 41.6 Å². The lowest BCUT2D eigenvalue weighted by atomic mass is 10.2. The highest BCUT2D eigenvalue weighted by molar-refractivity contribution is 5.95. The zero-order valence-corrected chi connectivity index (χ0v) is 8.79. The van der Waals surface area contributed by atoms with E-state index in [-0.39, 0.29) is 18.1 Å². The number of aromatic nitrogens is 2. The molecule has 0 aliphatic rings. The van der Waals surface area contributed by atoms with E-state index in [0.29, 0.717) is 0 Å². The van der Waals surface area contributed by atoms with Crippen molar-refractivity contribution in [2.24, 2.45) is 0 Å². The van der Waals surface area contributed by atoms with Crippen LogP contribution in [0, 0.1) is 0 Å². The molecule has 1 heterocycles. The molecule has 0 radical (unpaired) electrons. The van der Waals surface area contributed by atoms with Crippen LogP contribution in [0.1, 0.15) is 16.1 Å². The highest BCUT2D eigenvalue weighted by Crippen LogP contribution is 2.04. The van der Waals surface area contributed by atoms with Crippen LogP contribution in [-0.2, 0) is 11.4 Å². The van der Waals surface area contributed by atoms with Gasteiger partial charge in [-0.15, -0.1) is 0 Å². The molecule has 17 heavy (non-hydrogen) atoms. The van der Waals surface area contributed by atoms with E-state index in [9.17, 15) is 4.79 Å².